The average Bonchev–Trinajstić information content (AvgIpc) is 3.25. The Kier molecular flexibility index (Phi) is 4.75. The Morgan fingerprint density at radius 3 is 2.44 bits per heavy atom. The largest absolute Gasteiger partial charge is 0.322 e. The number of hydrogen-bond donors (Lipinski definition) is 1. The molecule has 3 aromatic carbocycles. The number of amides is 2. The maximum Gasteiger partial charge on any atom is 0.277 e. The van der Waals surface area contributed by atoms with Gasteiger partial charge in [0.15, 0.2) is 0 Å². The standard InChI is InChI=1S/C26H26N4O2/c1-18-13-14-21(15-19(18)2)29-17-28(3)30(24(31)16-20-9-5-4-6-10-20)26(29)22-11-7-8-12-23(22)27-25(26)32/h4-15H,16-17H2,1-3H3,(H,27,32). The molecular formula is C26H26N4O2. The van der Waals surface area contributed by atoms with E-state index in [1.807, 2.05) is 77.6 Å². The number of hydrazine groups is 1. The van der Waals surface area contributed by atoms with Gasteiger partial charge in [-0.2, -0.15) is 5.01 Å². The fourth-order valence-electron chi connectivity index (χ4n) is 4.82. The molecule has 6 heteroatoms. The van der Waals surface area contributed by atoms with Crippen molar-refractivity contribution in [3.05, 3.63) is 95.1 Å². The van der Waals surface area contributed by atoms with Crippen LogP contribution < -0.4 is 10.2 Å². The van der Waals surface area contributed by atoms with Crippen LogP contribution in [0.1, 0.15) is 22.3 Å². The lowest BCUT2D eigenvalue weighted by atomic mass is 9.96. The number of aryl methyl sites for hydroxylation is 2. The molecule has 0 radical (unpaired) electrons. The third-order valence-corrected chi connectivity index (χ3v) is 6.49. The molecule has 2 aliphatic rings. The minimum atomic E-state index is -1.28. The van der Waals surface area contributed by atoms with Crippen LogP contribution in [0.15, 0.2) is 72.8 Å². The van der Waals surface area contributed by atoms with Crippen LogP contribution in [-0.4, -0.2) is 35.5 Å². The third-order valence-electron chi connectivity index (χ3n) is 6.49. The second-order valence-corrected chi connectivity index (χ2v) is 8.54. The molecule has 1 unspecified atom stereocenters. The minimum absolute atomic E-state index is 0.128. The molecule has 162 valence electrons. The van der Waals surface area contributed by atoms with Crippen LogP contribution in [0.2, 0.25) is 0 Å². The van der Waals surface area contributed by atoms with Crippen molar-refractivity contribution < 1.29 is 9.59 Å². The lowest BCUT2D eigenvalue weighted by molar-refractivity contribution is -0.157. The number of carbonyl (C=O) groups is 2. The molecule has 5 rings (SSSR count). The topological polar surface area (TPSA) is 55.9 Å². The van der Waals surface area contributed by atoms with E-state index < -0.39 is 5.66 Å². The first kappa shape index (κ1) is 20.3. The van der Waals surface area contributed by atoms with Crippen molar-refractivity contribution in [1.82, 2.24) is 10.0 Å². The molecule has 0 aliphatic carbocycles. The highest BCUT2D eigenvalue weighted by Gasteiger charge is 2.62. The van der Waals surface area contributed by atoms with Gasteiger partial charge < -0.3 is 10.2 Å². The number of anilines is 2. The summed E-state index contributed by atoms with van der Waals surface area (Å²) in [6.45, 7) is 4.54. The number of benzene rings is 3. The molecule has 2 aliphatic heterocycles. The zero-order valence-corrected chi connectivity index (χ0v) is 18.5. The number of hydrogen-bond acceptors (Lipinski definition) is 4. The van der Waals surface area contributed by atoms with E-state index in [2.05, 4.69) is 31.3 Å². The van der Waals surface area contributed by atoms with Gasteiger partial charge in [0, 0.05) is 24.0 Å². The Bertz CT molecular complexity index is 1210. The molecule has 0 saturated carbocycles. The summed E-state index contributed by atoms with van der Waals surface area (Å²) in [5.41, 5.74) is 4.39. The fraction of sp³-hybridized carbons (Fsp3) is 0.231. The van der Waals surface area contributed by atoms with E-state index >= 15 is 0 Å². The Labute approximate surface area is 188 Å². The highest BCUT2D eigenvalue weighted by Crippen LogP contribution is 2.49. The normalized spacial score (nSPS) is 20.0. The van der Waals surface area contributed by atoms with Gasteiger partial charge in [0.2, 0.25) is 11.6 Å². The van der Waals surface area contributed by atoms with Crippen LogP contribution in [0.4, 0.5) is 11.4 Å². The van der Waals surface area contributed by atoms with Crippen LogP contribution in [0, 0.1) is 13.8 Å². The molecule has 32 heavy (non-hydrogen) atoms. The summed E-state index contributed by atoms with van der Waals surface area (Å²) in [6.07, 6.45) is 0.211. The minimum Gasteiger partial charge on any atom is -0.322 e. The number of rotatable bonds is 3. The number of carbonyl (C=O) groups excluding carboxylic acids is 2. The lowest BCUT2D eigenvalue weighted by Gasteiger charge is -2.39. The maximum atomic E-state index is 13.7. The molecule has 2 amide bonds. The van der Waals surface area contributed by atoms with Crippen molar-refractivity contribution in [1.29, 1.82) is 0 Å². The van der Waals surface area contributed by atoms with E-state index in [4.69, 9.17) is 0 Å². The van der Waals surface area contributed by atoms with Gasteiger partial charge in [-0.1, -0.05) is 54.6 Å². The highest BCUT2D eigenvalue weighted by molar-refractivity contribution is 6.10. The molecule has 1 saturated heterocycles. The first-order valence-corrected chi connectivity index (χ1v) is 10.8. The Morgan fingerprint density at radius 2 is 1.69 bits per heavy atom. The van der Waals surface area contributed by atoms with Gasteiger partial charge in [-0.3, -0.25) is 9.59 Å². The van der Waals surface area contributed by atoms with Crippen molar-refractivity contribution in [2.75, 3.05) is 23.9 Å². The van der Waals surface area contributed by atoms with Crippen LogP contribution in [-0.2, 0) is 21.7 Å². The van der Waals surface area contributed by atoms with Crippen molar-refractivity contribution >= 4 is 23.2 Å². The molecular weight excluding hydrogens is 400 g/mol. The number of nitrogens with zero attached hydrogens (tertiary/aromatic N) is 3. The van der Waals surface area contributed by atoms with E-state index in [-0.39, 0.29) is 18.2 Å². The molecule has 2 heterocycles. The van der Waals surface area contributed by atoms with Gasteiger partial charge in [-0.05, 0) is 48.7 Å². The van der Waals surface area contributed by atoms with E-state index in [1.54, 1.807) is 5.01 Å². The second-order valence-electron chi connectivity index (χ2n) is 8.54. The molecule has 1 N–H and O–H groups in total. The predicted octanol–water partition coefficient (Wildman–Crippen LogP) is 3.80. The van der Waals surface area contributed by atoms with Gasteiger partial charge in [0.1, 0.15) is 0 Å². The average molecular weight is 427 g/mol. The van der Waals surface area contributed by atoms with Gasteiger partial charge in [-0.25, -0.2) is 5.01 Å². The summed E-state index contributed by atoms with van der Waals surface area (Å²) in [5, 5.41) is 6.51. The first-order valence-electron chi connectivity index (χ1n) is 10.8. The zero-order chi connectivity index (χ0) is 22.5. The van der Waals surface area contributed by atoms with E-state index in [9.17, 15) is 9.59 Å². The number of nitrogens with one attached hydrogen (secondary N) is 1. The maximum absolute atomic E-state index is 13.7. The number of fused-ring (bicyclic) bond motifs is 2. The van der Waals surface area contributed by atoms with Crippen molar-refractivity contribution in [2.45, 2.75) is 25.9 Å². The van der Waals surface area contributed by atoms with Crippen LogP contribution in [0.5, 0.6) is 0 Å². The van der Waals surface area contributed by atoms with Crippen LogP contribution >= 0.6 is 0 Å². The molecule has 3 aromatic rings. The van der Waals surface area contributed by atoms with Crippen LogP contribution in [0.3, 0.4) is 0 Å². The van der Waals surface area contributed by atoms with Gasteiger partial charge in [-0.15, -0.1) is 0 Å². The van der Waals surface area contributed by atoms with Crippen molar-refractivity contribution in [2.24, 2.45) is 0 Å². The summed E-state index contributed by atoms with van der Waals surface area (Å²) in [5.74, 6) is -0.348. The smallest absolute Gasteiger partial charge is 0.277 e. The summed E-state index contributed by atoms with van der Waals surface area (Å²) in [4.78, 5) is 29.5. The van der Waals surface area contributed by atoms with Gasteiger partial charge in [0.05, 0.1) is 13.1 Å². The van der Waals surface area contributed by atoms with Gasteiger partial charge >= 0.3 is 0 Å². The molecule has 6 nitrogen and oxygen atoms in total. The summed E-state index contributed by atoms with van der Waals surface area (Å²) < 4.78 is 0. The van der Waals surface area contributed by atoms with Crippen molar-refractivity contribution in [3.63, 3.8) is 0 Å². The Balaban J connectivity index is 1.67. The predicted molar refractivity (Wildman–Crippen MR) is 125 cm³/mol. The zero-order valence-electron chi connectivity index (χ0n) is 18.5. The SMILES string of the molecule is Cc1ccc(N2CN(C)N(C(=O)Cc3ccccc3)C23C(=O)Nc2ccccc23)cc1C. The lowest BCUT2D eigenvalue weighted by Crippen LogP contribution is -2.59. The molecule has 0 bridgehead atoms. The fourth-order valence-corrected chi connectivity index (χ4v) is 4.82. The summed E-state index contributed by atoms with van der Waals surface area (Å²) in [7, 11) is 1.86. The van der Waals surface area contributed by atoms with E-state index in [1.165, 1.54) is 5.56 Å². The Morgan fingerprint density at radius 1 is 0.969 bits per heavy atom. The summed E-state index contributed by atoms with van der Waals surface area (Å²) >= 11 is 0. The molecule has 1 atom stereocenters. The van der Waals surface area contributed by atoms with Crippen molar-refractivity contribution in [3.8, 4) is 0 Å². The van der Waals surface area contributed by atoms with Gasteiger partial charge in [0.25, 0.3) is 5.91 Å². The first-order chi connectivity index (χ1) is 15.4. The van der Waals surface area contributed by atoms with E-state index in [0.717, 1.165) is 28.1 Å². The quantitative estimate of drug-likeness (QED) is 0.692. The van der Waals surface area contributed by atoms with E-state index in [0.29, 0.717) is 6.67 Å². The third kappa shape index (κ3) is 2.91. The molecule has 1 spiro atoms. The highest BCUT2D eigenvalue weighted by atomic mass is 16.2. The molecule has 1 fully saturated rings. The second kappa shape index (κ2) is 7.50. The Hall–Kier alpha value is -3.64. The van der Waals surface area contributed by atoms with Crippen LogP contribution in [0.25, 0.3) is 0 Å². The monoisotopic (exact) mass is 426 g/mol. The number of para-hydroxylation sites is 1. The molecule has 0 aromatic heterocycles. The summed E-state index contributed by atoms with van der Waals surface area (Å²) in [6, 6.07) is 23.4.